The Morgan fingerprint density at radius 1 is 1.35 bits per heavy atom. The van der Waals surface area contributed by atoms with Gasteiger partial charge in [0.2, 0.25) is 10.0 Å². The molecule has 20 heavy (non-hydrogen) atoms. The van der Waals surface area contributed by atoms with Gasteiger partial charge >= 0.3 is 0 Å². The number of benzene rings is 1. The number of rotatable bonds is 2. The highest BCUT2D eigenvalue weighted by molar-refractivity contribution is 7.89. The molecule has 5 nitrogen and oxygen atoms in total. The number of nitrogens with zero attached hydrogens (tertiary/aromatic N) is 2. The van der Waals surface area contributed by atoms with Crippen molar-refractivity contribution in [1.82, 2.24) is 9.21 Å². The molecule has 0 saturated carbocycles. The Labute approximate surface area is 125 Å². The monoisotopic (exact) mass is 317 g/mol. The summed E-state index contributed by atoms with van der Waals surface area (Å²) in [5.74, 6) is 0. The first kappa shape index (κ1) is 15.6. The predicted molar refractivity (Wildman–Crippen MR) is 81.5 cm³/mol. The second-order valence-corrected chi connectivity index (χ2v) is 7.64. The summed E-state index contributed by atoms with van der Waals surface area (Å²) >= 11 is 5.99. The van der Waals surface area contributed by atoms with Gasteiger partial charge in [0.25, 0.3) is 0 Å². The first-order valence-electron chi connectivity index (χ1n) is 6.49. The van der Waals surface area contributed by atoms with Crippen molar-refractivity contribution in [2.45, 2.75) is 24.8 Å². The number of nitrogen functional groups attached to an aromatic ring is 1. The van der Waals surface area contributed by atoms with Crippen LogP contribution < -0.4 is 5.73 Å². The Morgan fingerprint density at radius 2 is 2.00 bits per heavy atom. The minimum absolute atomic E-state index is 0.0593. The first-order valence-corrected chi connectivity index (χ1v) is 8.31. The summed E-state index contributed by atoms with van der Waals surface area (Å²) in [5.41, 5.74) is 6.75. The van der Waals surface area contributed by atoms with Crippen LogP contribution in [0.2, 0.25) is 5.02 Å². The molecule has 1 aliphatic heterocycles. The van der Waals surface area contributed by atoms with Gasteiger partial charge in [-0.1, -0.05) is 11.6 Å². The van der Waals surface area contributed by atoms with Crippen molar-refractivity contribution in [2.24, 2.45) is 0 Å². The lowest BCUT2D eigenvalue weighted by atomic mass is 10.2. The van der Waals surface area contributed by atoms with Crippen LogP contribution in [-0.4, -0.2) is 50.3 Å². The number of hydrogen-bond donors (Lipinski definition) is 1. The van der Waals surface area contributed by atoms with Crippen molar-refractivity contribution >= 4 is 27.3 Å². The number of nitrogens with two attached hydrogens (primary N) is 1. The third-order valence-corrected chi connectivity index (χ3v) is 6.14. The SMILES string of the molecule is Cc1cc(S(=O)(=O)N2CCN(C)CC2C)cc(N)c1Cl. The Kier molecular flexibility index (Phi) is 4.30. The van der Waals surface area contributed by atoms with Crippen molar-refractivity contribution in [3.8, 4) is 0 Å². The molecule has 1 heterocycles. The molecule has 0 radical (unpaired) electrons. The van der Waals surface area contributed by atoms with Crippen LogP contribution in [0.25, 0.3) is 0 Å². The molecule has 0 aliphatic carbocycles. The van der Waals surface area contributed by atoms with E-state index in [4.69, 9.17) is 17.3 Å². The highest BCUT2D eigenvalue weighted by Crippen LogP contribution is 2.29. The highest BCUT2D eigenvalue weighted by Gasteiger charge is 2.33. The number of aryl methyl sites for hydroxylation is 1. The highest BCUT2D eigenvalue weighted by atomic mass is 35.5. The Morgan fingerprint density at radius 3 is 2.55 bits per heavy atom. The summed E-state index contributed by atoms with van der Waals surface area (Å²) < 4.78 is 27.0. The molecule has 2 N–H and O–H groups in total. The zero-order chi connectivity index (χ0) is 15.1. The van der Waals surface area contributed by atoms with E-state index in [1.165, 1.54) is 10.4 Å². The van der Waals surface area contributed by atoms with E-state index in [2.05, 4.69) is 4.90 Å². The average molecular weight is 318 g/mol. The molecule has 0 spiro atoms. The number of likely N-dealkylation sites (N-methyl/N-ethyl adjacent to an activating group) is 1. The topological polar surface area (TPSA) is 66.6 Å². The maximum atomic E-state index is 12.7. The van der Waals surface area contributed by atoms with E-state index in [-0.39, 0.29) is 10.9 Å². The number of piperazine rings is 1. The molecule has 7 heteroatoms. The van der Waals surface area contributed by atoms with E-state index in [9.17, 15) is 8.42 Å². The fourth-order valence-electron chi connectivity index (χ4n) is 2.53. The molecular weight excluding hydrogens is 298 g/mol. The third-order valence-electron chi connectivity index (χ3n) is 3.63. The summed E-state index contributed by atoms with van der Waals surface area (Å²) in [6, 6.07) is 2.96. The van der Waals surface area contributed by atoms with Crippen molar-refractivity contribution < 1.29 is 8.42 Å². The molecule has 1 unspecified atom stereocenters. The molecule has 0 aromatic heterocycles. The largest absolute Gasteiger partial charge is 0.397 e. The predicted octanol–water partition coefficient (Wildman–Crippen LogP) is 1.56. The van der Waals surface area contributed by atoms with Crippen molar-refractivity contribution in [1.29, 1.82) is 0 Å². The lowest BCUT2D eigenvalue weighted by Crippen LogP contribution is -2.52. The van der Waals surface area contributed by atoms with E-state index in [1.807, 2.05) is 14.0 Å². The molecule has 0 bridgehead atoms. The van der Waals surface area contributed by atoms with Crippen LogP contribution in [0, 0.1) is 6.92 Å². The molecule has 1 aromatic rings. The van der Waals surface area contributed by atoms with Crippen LogP contribution in [-0.2, 0) is 10.0 Å². The van der Waals surface area contributed by atoms with Gasteiger partial charge in [0.05, 0.1) is 15.6 Å². The van der Waals surface area contributed by atoms with Gasteiger partial charge < -0.3 is 10.6 Å². The standard InChI is InChI=1S/C13H20ClN3O2S/c1-9-6-11(7-12(15)13(9)14)20(18,19)17-5-4-16(3)8-10(17)2/h6-7,10H,4-5,8,15H2,1-3H3. The molecular formula is C13H20ClN3O2S. The van der Waals surface area contributed by atoms with Crippen LogP contribution in [0.3, 0.4) is 0 Å². The van der Waals surface area contributed by atoms with Gasteiger partial charge in [-0.15, -0.1) is 0 Å². The molecule has 1 atom stereocenters. The second-order valence-electron chi connectivity index (χ2n) is 5.37. The maximum absolute atomic E-state index is 12.7. The summed E-state index contributed by atoms with van der Waals surface area (Å²) in [7, 11) is -1.54. The number of sulfonamides is 1. The maximum Gasteiger partial charge on any atom is 0.243 e. The van der Waals surface area contributed by atoms with Gasteiger partial charge in [0.15, 0.2) is 0 Å². The molecule has 2 rings (SSSR count). The number of halogens is 1. The minimum Gasteiger partial charge on any atom is -0.397 e. The number of hydrogen-bond acceptors (Lipinski definition) is 4. The van der Waals surface area contributed by atoms with E-state index >= 15 is 0 Å². The quantitative estimate of drug-likeness (QED) is 0.841. The zero-order valence-electron chi connectivity index (χ0n) is 11.9. The van der Waals surface area contributed by atoms with Crippen LogP contribution in [0.1, 0.15) is 12.5 Å². The molecule has 112 valence electrons. The Hall–Kier alpha value is -0.820. The lowest BCUT2D eigenvalue weighted by Gasteiger charge is -2.37. The van der Waals surface area contributed by atoms with Crippen LogP contribution in [0.5, 0.6) is 0 Å². The summed E-state index contributed by atoms with van der Waals surface area (Å²) in [6.07, 6.45) is 0. The van der Waals surface area contributed by atoms with Crippen LogP contribution in [0.4, 0.5) is 5.69 Å². The fraction of sp³-hybridized carbons (Fsp3) is 0.538. The van der Waals surface area contributed by atoms with E-state index < -0.39 is 10.0 Å². The molecule has 1 saturated heterocycles. The molecule has 1 aromatic carbocycles. The lowest BCUT2D eigenvalue weighted by molar-refractivity contribution is 0.170. The van der Waals surface area contributed by atoms with E-state index in [0.717, 1.165) is 13.1 Å². The summed E-state index contributed by atoms with van der Waals surface area (Å²) in [5, 5.41) is 0.412. The fourth-order valence-corrected chi connectivity index (χ4v) is 4.37. The zero-order valence-corrected chi connectivity index (χ0v) is 13.5. The van der Waals surface area contributed by atoms with Gasteiger partial charge in [-0.3, -0.25) is 0 Å². The van der Waals surface area contributed by atoms with Gasteiger partial charge in [0.1, 0.15) is 0 Å². The van der Waals surface area contributed by atoms with Gasteiger partial charge in [-0.2, -0.15) is 4.31 Å². The van der Waals surface area contributed by atoms with E-state index in [1.54, 1.807) is 13.0 Å². The van der Waals surface area contributed by atoms with Crippen LogP contribution >= 0.6 is 11.6 Å². The van der Waals surface area contributed by atoms with Gasteiger partial charge in [-0.25, -0.2) is 8.42 Å². The van der Waals surface area contributed by atoms with Gasteiger partial charge in [-0.05, 0) is 38.6 Å². The van der Waals surface area contributed by atoms with Crippen molar-refractivity contribution in [3.63, 3.8) is 0 Å². The summed E-state index contributed by atoms with van der Waals surface area (Å²) in [4.78, 5) is 2.34. The molecule has 1 aliphatic rings. The third kappa shape index (κ3) is 2.79. The van der Waals surface area contributed by atoms with Crippen molar-refractivity contribution in [3.05, 3.63) is 22.7 Å². The molecule has 1 fully saturated rings. The normalized spacial score (nSPS) is 22.1. The van der Waals surface area contributed by atoms with Crippen LogP contribution in [0.15, 0.2) is 17.0 Å². The van der Waals surface area contributed by atoms with E-state index in [0.29, 0.717) is 22.8 Å². The molecule has 0 amide bonds. The smallest absolute Gasteiger partial charge is 0.243 e. The number of anilines is 1. The van der Waals surface area contributed by atoms with Gasteiger partial charge in [0, 0.05) is 25.7 Å². The minimum atomic E-state index is -3.53. The Balaban J connectivity index is 2.40. The first-order chi connectivity index (χ1) is 9.23. The average Bonchev–Trinajstić information content (AvgIpc) is 2.34. The van der Waals surface area contributed by atoms with Crippen molar-refractivity contribution in [2.75, 3.05) is 32.4 Å². The summed E-state index contributed by atoms with van der Waals surface area (Å²) in [6.45, 7) is 5.61. The second kappa shape index (κ2) is 5.52. The Bertz CT molecular complexity index is 595.